The van der Waals surface area contributed by atoms with E-state index in [2.05, 4.69) is 10.3 Å². The van der Waals surface area contributed by atoms with Crippen LogP contribution < -0.4 is 5.32 Å². The summed E-state index contributed by atoms with van der Waals surface area (Å²) in [6, 6.07) is 1.71. The molecule has 1 atom stereocenters. The summed E-state index contributed by atoms with van der Waals surface area (Å²) >= 11 is 0. The zero-order valence-electron chi connectivity index (χ0n) is 13.5. The molecule has 3 heterocycles. The van der Waals surface area contributed by atoms with Crippen molar-refractivity contribution in [3.05, 3.63) is 23.4 Å². The summed E-state index contributed by atoms with van der Waals surface area (Å²) in [5.41, 5.74) is 0.585. The van der Waals surface area contributed by atoms with E-state index in [1.54, 1.807) is 12.3 Å². The fraction of sp³-hybridized carbons (Fsp3) is 0.600. The molecule has 7 nitrogen and oxygen atoms in total. The predicted octanol–water partition coefficient (Wildman–Crippen LogP) is 1.32. The largest absolute Gasteiger partial charge is 0.451 e. The van der Waals surface area contributed by atoms with Gasteiger partial charge in [0, 0.05) is 30.9 Å². The van der Waals surface area contributed by atoms with Crippen molar-refractivity contribution in [1.29, 1.82) is 0 Å². The summed E-state index contributed by atoms with van der Waals surface area (Å²) < 4.78 is 30.3. The number of fused-ring (bicyclic) bond motifs is 1. The molecule has 1 unspecified atom stereocenters. The lowest BCUT2D eigenvalue weighted by Crippen LogP contribution is -2.44. The average molecular weight is 339 g/mol. The second-order valence-electron chi connectivity index (χ2n) is 6.59. The Morgan fingerprint density at radius 2 is 2.17 bits per heavy atom. The molecule has 0 aromatic carbocycles. The van der Waals surface area contributed by atoms with Crippen molar-refractivity contribution in [2.75, 3.05) is 24.7 Å². The summed E-state index contributed by atoms with van der Waals surface area (Å²) in [6.45, 7) is 4.59. The minimum absolute atomic E-state index is 0.0750. The van der Waals surface area contributed by atoms with E-state index in [1.165, 1.54) is 10.6 Å². The van der Waals surface area contributed by atoms with Gasteiger partial charge in [-0.25, -0.2) is 22.5 Å². The smallest absolute Gasteiger partial charge is 0.343 e. The van der Waals surface area contributed by atoms with E-state index in [4.69, 9.17) is 4.74 Å². The molecule has 1 aromatic heterocycles. The third-order valence-electron chi connectivity index (χ3n) is 4.35. The van der Waals surface area contributed by atoms with Crippen LogP contribution in [0.1, 0.15) is 42.6 Å². The second-order valence-corrected chi connectivity index (χ2v) is 8.57. The molecule has 2 aliphatic heterocycles. The van der Waals surface area contributed by atoms with Gasteiger partial charge in [-0.2, -0.15) is 0 Å². The average Bonchev–Trinajstić information content (AvgIpc) is 2.69. The summed E-state index contributed by atoms with van der Waals surface area (Å²) in [6.07, 6.45) is 4.46. The van der Waals surface area contributed by atoms with Crippen LogP contribution >= 0.6 is 0 Å². The van der Waals surface area contributed by atoms with Crippen LogP contribution in [0.4, 0.5) is 5.82 Å². The number of pyridine rings is 1. The first-order valence-electron chi connectivity index (χ1n) is 7.63. The van der Waals surface area contributed by atoms with Crippen molar-refractivity contribution in [1.82, 2.24) is 9.29 Å². The van der Waals surface area contributed by atoms with Crippen LogP contribution in [0.3, 0.4) is 0 Å². The molecule has 0 aliphatic carbocycles. The van der Waals surface area contributed by atoms with E-state index in [-0.39, 0.29) is 6.04 Å². The number of cyclic esters (lactones) is 1. The maximum atomic E-state index is 12.2. The summed E-state index contributed by atoms with van der Waals surface area (Å²) in [5.74, 6) is 0.0785. The number of nitrogens with one attached hydrogen (secondary N) is 1. The fourth-order valence-corrected chi connectivity index (χ4v) is 4.08. The van der Waals surface area contributed by atoms with Gasteiger partial charge in [-0.15, -0.1) is 0 Å². The highest BCUT2D eigenvalue weighted by molar-refractivity contribution is 7.88. The molecule has 0 saturated carbocycles. The number of esters is 1. The zero-order chi connectivity index (χ0) is 16.8. The van der Waals surface area contributed by atoms with Gasteiger partial charge in [0.15, 0.2) is 0 Å². The number of piperidine rings is 1. The minimum atomic E-state index is -3.21. The fourth-order valence-electron chi connectivity index (χ4n) is 3.17. The Bertz CT molecular complexity index is 745. The SMILES string of the molecule is CC1(C)OC(=O)c2c1ccnc2NC1CCCN(S(C)(=O)=O)C1. The summed E-state index contributed by atoms with van der Waals surface area (Å²) in [4.78, 5) is 16.4. The van der Waals surface area contributed by atoms with Crippen LogP contribution in [-0.4, -0.2) is 49.1 Å². The molecule has 126 valence electrons. The van der Waals surface area contributed by atoms with Gasteiger partial charge in [-0.3, -0.25) is 0 Å². The number of sulfonamides is 1. The molecule has 23 heavy (non-hydrogen) atoms. The number of carbonyl (C=O) groups excluding carboxylic acids is 1. The van der Waals surface area contributed by atoms with Crippen molar-refractivity contribution in [2.45, 2.75) is 38.3 Å². The monoisotopic (exact) mass is 339 g/mol. The number of hydrogen-bond donors (Lipinski definition) is 1. The highest BCUT2D eigenvalue weighted by Crippen LogP contribution is 2.38. The highest BCUT2D eigenvalue weighted by Gasteiger charge is 2.40. The summed E-state index contributed by atoms with van der Waals surface area (Å²) in [5, 5.41) is 3.23. The Morgan fingerprint density at radius 3 is 2.87 bits per heavy atom. The van der Waals surface area contributed by atoms with E-state index in [0.29, 0.717) is 24.5 Å². The van der Waals surface area contributed by atoms with Crippen molar-refractivity contribution < 1.29 is 17.9 Å². The van der Waals surface area contributed by atoms with Crippen molar-refractivity contribution in [3.8, 4) is 0 Å². The molecule has 2 aliphatic rings. The normalized spacial score (nSPS) is 24.1. The van der Waals surface area contributed by atoms with Crippen LogP contribution in [0.5, 0.6) is 0 Å². The number of rotatable bonds is 3. The van der Waals surface area contributed by atoms with Gasteiger partial charge in [0.05, 0.1) is 6.26 Å². The lowest BCUT2D eigenvalue weighted by Gasteiger charge is -2.31. The van der Waals surface area contributed by atoms with E-state index < -0.39 is 21.6 Å². The van der Waals surface area contributed by atoms with Gasteiger partial charge < -0.3 is 10.1 Å². The molecule has 1 aromatic rings. The molecule has 1 fully saturated rings. The van der Waals surface area contributed by atoms with Gasteiger partial charge in [-0.1, -0.05) is 0 Å². The first-order chi connectivity index (χ1) is 10.7. The van der Waals surface area contributed by atoms with E-state index in [9.17, 15) is 13.2 Å². The Balaban J connectivity index is 1.85. The standard InChI is InChI=1S/C15H21N3O4S/c1-15(2)11-6-7-16-13(12(11)14(19)22-15)17-10-5-4-8-18(9-10)23(3,20)21/h6-7,10H,4-5,8-9H2,1-3H3,(H,16,17). The number of ether oxygens (including phenoxy) is 1. The second kappa shape index (κ2) is 5.45. The number of hydrogen-bond acceptors (Lipinski definition) is 6. The minimum Gasteiger partial charge on any atom is -0.451 e. The highest BCUT2D eigenvalue weighted by atomic mass is 32.2. The van der Waals surface area contributed by atoms with Crippen molar-refractivity contribution >= 4 is 21.8 Å². The molecule has 0 amide bonds. The van der Waals surface area contributed by atoms with E-state index in [1.807, 2.05) is 13.8 Å². The number of aromatic nitrogens is 1. The maximum Gasteiger partial charge on any atom is 0.343 e. The van der Waals surface area contributed by atoms with Crippen LogP contribution in [0.25, 0.3) is 0 Å². The Hall–Kier alpha value is -1.67. The number of nitrogens with zero attached hydrogens (tertiary/aromatic N) is 2. The van der Waals surface area contributed by atoms with Crippen LogP contribution in [-0.2, 0) is 20.4 Å². The number of anilines is 1. The Morgan fingerprint density at radius 1 is 1.43 bits per heavy atom. The quantitative estimate of drug-likeness (QED) is 0.836. The third-order valence-corrected chi connectivity index (χ3v) is 5.62. The van der Waals surface area contributed by atoms with E-state index in [0.717, 1.165) is 18.4 Å². The molecule has 3 rings (SSSR count). The van der Waals surface area contributed by atoms with Crippen molar-refractivity contribution in [2.24, 2.45) is 0 Å². The Labute approximate surface area is 136 Å². The van der Waals surface area contributed by atoms with Gasteiger partial charge in [0.2, 0.25) is 10.0 Å². The van der Waals surface area contributed by atoms with Crippen molar-refractivity contribution in [3.63, 3.8) is 0 Å². The van der Waals surface area contributed by atoms with Crippen LogP contribution in [0, 0.1) is 0 Å². The molecular weight excluding hydrogens is 318 g/mol. The third kappa shape index (κ3) is 3.05. The molecule has 0 spiro atoms. The lowest BCUT2D eigenvalue weighted by molar-refractivity contribution is 0.00957. The molecule has 0 radical (unpaired) electrons. The van der Waals surface area contributed by atoms with Gasteiger partial charge in [0.25, 0.3) is 0 Å². The molecule has 1 saturated heterocycles. The van der Waals surface area contributed by atoms with Crippen LogP contribution in [0.2, 0.25) is 0 Å². The first-order valence-corrected chi connectivity index (χ1v) is 9.48. The first kappa shape index (κ1) is 16.2. The maximum absolute atomic E-state index is 12.2. The number of carbonyl (C=O) groups is 1. The Kier molecular flexibility index (Phi) is 3.84. The van der Waals surface area contributed by atoms with Crippen LogP contribution in [0.15, 0.2) is 12.3 Å². The van der Waals surface area contributed by atoms with Gasteiger partial charge in [-0.05, 0) is 32.8 Å². The molecular formula is C15H21N3O4S. The zero-order valence-corrected chi connectivity index (χ0v) is 14.3. The predicted molar refractivity (Wildman–Crippen MR) is 85.7 cm³/mol. The molecule has 1 N–H and O–H groups in total. The topological polar surface area (TPSA) is 88.6 Å². The lowest BCUT2D eigenvalue weighted by atomic mass is 9.97. The summed E-state index contributed by atoms with van der Waals surface area (Å²) in [7, 11) is -3.21. The van der Waals surface area contributed by atoms with E-state index >= 15 is 0 Å². The van der Waals surface area contributed by atoms with Gasteiger partial charge in [0.1, 0.15) is 17.0 Å². The molecule has 0 bridgehead atoms. The van der Waals surface area contributed by atoms with Gasteiger partial charge >= 0.3 is 5.97 Å². The molecule has 8 heteroatoms.